The first kappa shape index (κ1) is 24.6. The fourth-order valence-electron chi connectivity index (χ4n) is 3.25. The molecule has 3 N–H and O–H groups in total. The van der Waals surface area contributed by atoms with Crippen LogP contribution in [0.25, 0.3) is 16.1 Å². The highest BCUT2D eigenvalue weighted by Crippen LogP contribution is 2.29. The summed E-state index contributed by atoms with van der Waals surface area (Å²) in [6.07, 6.45) is 8.15. The first-order valence-electron chi connectivity index (χ1n) is 10.4. The van der Waals surface area contributed by atoms with Gasteiger partial charge in [0.1, 0.15) is 0 Å². The van der Waals surface area contributed by atoms with Crippen molar-refractivity contribution in [3.05, 3.63) is 81.8 Å². The quantitative estimate of drug-likeness (QED) is 0.114. The van der Waals surface area contributed by atoms with Crippen LogP contribution in [-0.2, 0) is 6.42 Å². The van der Waals surface area contributed by atoms with Gasteiger partial charge in [-0.3, -0.25) is 10.4 Å². The summed E-state index contributed by atoms with van der Waals surface area (Å²) >= 11 is 1.67. The molecule has 2 aromatic heterocycles. The molecule has 1 aromatic carbocycles. The summed E-state index contributed by atoms with van der Waals surface area (Å²) in [6.45, 7) is 2.17. The predicted octanol–water partition coefficient (Wildman–Crippen LogP) is 7.00. The van der Waals surface area contributed by atoms with Crippen LogP contribution in [0.4, 0.5) is 22.0 Å². The van der Waals surface area contributed by atoms with Crippen molar-refractivity contribution in [1.29, 1.82) is 5.41 Å². The summed E-state index contributed by atoms with van der Waals surface area (Å²) in [7, 11) is 0. The molecule has 9 heteroatoms. The van der Waals surface area contributed by atoms with E-state index in [1.807, 2.05) is 6.07 Å². The number of nitrogens with one attached hydrogen (secondary N) is 1. The molecule has 0 aliphatic heterocycles. The van der Waals surface area contributed by atoms with E-state index in [0.717, 1.165) is 29.4 Å². The number of nitrogens with zero attached hydrogens (tertiary/aromatic N) is 1. The van der Waals surface area contributed by atoms with E-state index in [0.29, 0.717) is 0 Å². The van der Waals surface area contributed by atoms with Crippen molar-refractivity contribution < 1.29 is 22.0 Å². The molecule has 0 unspecified atom stereocenters. The second kappa shape index (κ2) is 10.7. The molecular formula is C24H22F5N3S. The molecule has 3 aromatic rings. The Balaban J connectivity index is 1.77. The zero-order valence-electron chi connectivity index (χ0n) is 17.8. The second-order valence-electron chi connectivity index (χ2n) is 7.47. The Hall–Kier alpha value is -3.07. The Bertz CT molecular complexity index is 1160. The Morgan fingerprint density at radius 1 is 0.939 bits per heavy atom. The lowest BCUT2D eigenvalue weighted by molar-refractivity contribution is 0.377. The molecule has 0 radical (unpaired) electrons. The van der Waals surface area contributed by atoms with E-state index in [4.69, 9.17) is 11.1 Å². The average Bonchev–Trinajstić information content (AvgIpc) is 3.28. The zero-order valence-corrected chi connectivity index (χ0v) is 18.6. The van der Waals surface area contributed by atoms with Gasteiger partial charge in [-0.05, 0) is 43.2 Å². The molecule has 0 saturated heterocycles. The van der Waals surface area contributed by atoms with Crippen molar-refractivity contribution in [2.75, 3.05) is 0 Å². The minimum atomic E-state index is -2.28. The van der Waals surface area contributed by atoms with Gasteiger partial charge in [-0.15, -0.1) is 11.3 Å². The SMILES string of the molecule is CCCCCCc1ccc(-c2ccc(/C(N)=C/C(=N)c3c(F)c(F)c(F)c(F)c3F)nc2)s1. The summed E-state index contributed by atoms with van der Waals surface area (Å²) < 4.78 is 67.9. The fourth-order valence-corrected chi connectivity index (χ4v) is 4.29. The molecule has 3 rings (SSSR count). The van der Waals surface area contributed by atoms with Crippen molar-refractivity contribution in [3.8, 4) is 10.4 Å². The number of benzene rings is 1. The number of pyridine rings is 1. The zero-order chi connectivity index (χ0) is 24.1. The highest BCUT2D eigenvalue weighted by atomic mass is 32.1. The van der Waals surface area contributed by atoms with Crippen LogP contribution in [0.2, 0.25) is 0 Å². The van der Waals surface area contributed by atoms with Gasteiger partial charge in [0.05, 0.1) is 22.7 Å². The van der Waals surface area contributed by atoms with Crippen molar-refractivity contribution in [2.45, 2.75) is 39.0 Å². The lowest BCUT2D eigenvalue weighted by Gasteiger charge is -2.08. The summed E-state index contributed by atoms with van der Waals surface area (Å²) in [5.74, 6) is -10.7. The third kappa shape index (κ3) is 5.47. The van der Waals surface area contributed by atoms with Crippen LogP contribution < -0.4 is 5.73 Å². The Kier molecular flexibility index (Phi) is 7.97. The highest BCUT2D eigenvalue weighted by molar-refractivity contribution is 7.15. The first-order valence-corrected chi connectivity index (χ1v) is 11.2. The molecular weight excluding hydrogens is 457 g/mol. The Morgan fingerprint density at radius 2 is 1.61 bits per heavy atom. The van der Waals surface area contributed by atoms with Crippen molar-refractivity contribution in [3.63, 3.8) is 0 Å². The van der Waals surface area contributed by atoms with E-state index < -0.39 is 40.4 Å². The van der Waals surface area contributed by atoms with Gasteiger partial charge >= 0.3 is 0 Å². The van der Waals surface area contributed by atoms with Crippen molar-refractivity contribution in [2.24, 2.45) is 5.73 Å². The largest absolute Gasteiger partial charge is 0.397 e. The topological polar surface area (TPSA) is 62.8 Å². The van der Waals surface area contributed by atoms with Crippen LogP contribution in [0.5, 0.6) is 0 Å². The number of nitrogens with two attached hydrogens (primary N) is 1. The van der Waals surface area contributed by atoms with Gasteiger partial charge in [0, 0.05) is 21.5 Å². The molecule has 2 heterocycles. The number of thiophene rings is 1. The minimum Gasteiger partial charge on any atom is -0.397 e. The Morgan fingerprint density at radius 3 is 2.21 bits per heavy atom. The van der Waals surface area contributed by atoms with Crippen LogP contribution in [0.1, 0.15) is 48.7 Å². The number of aromatic nitrogens is 1. The lowest BCUT2D eigenvalue weighted by Crippen LogP contribution is -2.13. The fraction of sp³-hybridized carbons (Fsp3) is 0.250. The van der Waals surface area contributed by atoms with Crippen LogP contribution in [-0.4, -0.2) is 10.7 Å². The smallest absolute Gasteiger partial charge is 0.200 e. The molecule has 3 nitrogen and oxygen atoms in total. The molecule has 0 aliphatic carbocycles. The highest BCUT2D eigenvalue weighted by Gasteiger charge is 2.27. The van der Waals surface area contributed by atoms with E-state index in [-0.39, 0.29) is 11.4 Å². The van der Waals surface area contributed by atoms with Crippen molar-refractivity contribution in [1.82, 2.24) is 4.98 Å². The van der Waals surface area contributed by atoms with Crippen molar-refractivity contribution >= 4 is 22.7 Å². The normalized spacial score (nSPS) is 11.8. The van der Waals surface area contributed by atoms with Crippen LogP contribution in [0.3, 0.4) is 0 Å². The molecule has 0 spiro atoms. The van der Waals surface area contributed by atoms with Gasteiger partial charge in [-0.25, -0.2) is 22.0 Å². The van der Waals surface area contributed by atoms with E-state index >= 15 is 0 Å². The number of unbranched alkanes of at least 4 members (excludes halogenated alkanes) is 3. The summed E-state index contributed by atoms with van der Waals surface area (Å²) in [4.78, 5) is 6.52. The summed E-state index contributed by atoms with van der Waals surface area (Å²) in [5.41, 5.74) is 4.45. The van der Waals surface area contributed by atoms with E-state index in [1.165, 1.54) is 24.1 Å². The van der Waals surface area contributed by atoms with Gasteiger partial charge in [-0.1, -0.05) is 26.2 Å². The number of allylic oxidation sites excluding steroid dienone is 1. The van der Waals surface area contributed by atoms with Crippen LogP contribution in [0, 0.1) is 34.5 Å². The molecule has 0 saturated carbocycles. The maximum atomic E-state index is 13.9. The number of hydrogen-bond donors (Lipinski definition) is 2. The van der Waals surface area contributed by atoms with Gasteiger partial charge < -0.3 is 5.73 Å². The summed E-state index contributed by atoms with van der Waals surface area (Å²) in [6, 6.07) is 7.42. The third-order valence-electron chi connectivity index (χ3n) is 5.06. The minimum absolute atomic E-state index is 0.154. The Labute approximate surface area is 192 Å². The number of halogens is 5. The van der Waals surface area contributed by atoms with Gasteiger partial charge in [-0.2, -0.15) is 0 Å². The third-order valence-corrected chi connectivity index (χ3v) is 6.26. The number of aryl methyl sites for hydroxylation is 1. The first-order chi connectivity index (χ1) is 15.7. The molecule has 174 valence electrons. The molecule has 0 atom stereocenters. The van der Waals surface area contributed by atoms with Crippen LogP contribution >= 0.6 is 11.3 Å². The maximum Gasteiger partial charge on any atom is 0.200 e. The summed E-state index contributed by atoms with van der Waals surface area (Å²) in [5, 5.41) is 7.80. The van der Waals surface area contributed by atoms with Gasteiger partial charge in [0.2, 0.25) is 5.82 Å². The lowest BCUT2D eigenvalue weighted by atomic mass is 10.1. The number of rotatable bonds is 9. The maximum absolute atomic E-state index is 13.9. The van der Waals surface area contributed by atoms with Crippen LogP contribution in [0.15, 0.2) is 36.5 Å². The van der Waals surface area contributed by atoms with E-state index in [1.54, 1.807) is 29.7 Å². The molecule has 0 aliphatic rings. The van der Waals surface area contributed by atoms with Gasteiger partial charge in [0.15, 0.2) is 23.3 Å². The number of hydrogen-bond acceptors (Lipinski definition) is 4. The van der Waals surface area contributed by atoms with E-state index in [9.17, 15) is 22.0 Å². The monoisotopic (exact) mass is 479 g/mol. The standard InChI is InChI=1S/C24H22F5N3S/c1-2-3-4-5-6-14-8-10-18(33-14)13-7-9-17(32-12-13)15(30)11-16(31)19-20(25)22(27)24(29)23(28)21(19)26/h7-12,31H,2-6,30H2,1H3/b15-11-,31-16?. The predicted molar refractivity (Wildman–Crippen MR) is 121 cm³/mol. The van der Waals surface area contributed by atoms with Gasteiger partial charge in [0.25, 0.3) is 0 Å². The average molecular weight is 480 g/mol. The molecule has 0 bridgehead atoms. The molecule has 0 fully saturated rings. The molecule has 0 amide bonds. The molecule has 33 heavy (non-hydrogen) atoms. The van der Waals surface area contributed by atoms with E-state index in [2.05, 4.69) is 18.0 Å². The second-order valence-corrected chi connectivity index (χ2v) is 8.64.